The molecule has 0 bridgehead atoms. The molecule has 0 aromatic carbocycles. The molecule has 1 fully saturated rings. The van der Waals surface area contributed by atoms with Crippen LogP contribution >= 0.6 is 0 Å². The van der Waals surface area contributed by atoms with E-state index in [1.807, 2.05) is 12.3 Å². The summed E-state index contributed by atoms with van der Waals surface area (Å²) in [5.41, 5.74) is 0. The fourth-order valence-corrected chi connectivity index (χ4v) is 3.11. The van der Waals surface area contributed by atoms with Crippen LogP contribution in [0.1, 0.15) is 27.7 Å². The first kappa shape index (κ1) is 16.2. The maximum Gasteiger partial charge on any atom is 0.128 e. The maximum absolute atomic E-state index is 4.45. The number of hydrogen-bond acceptors (Lipinski definition) is 4. The van der Waals surface area contributed by atoms with E-state index in [1.165, 1.54) is 13.1 Å². The Balaban J connectivity index is 1.77. The lowest BCUT2D eigenvalue weighted by Crippen LogP contribution is -2.50. The van der Waals surface area contributed by atoms with Crippen LogP contribution in [-0.4, -0.2) is 66.1 Å². The average Bonchev–Trinajstić information content (AvgIpc) is 2.48. The van der Waals surface area contributed by atoms with Crippen molar-refractivity contribution in [3.8, 4) is 0 Å². The molecule has 0 N–H and O–H groups in total. The van der Waals surface area contributed by atoms with Crippen molar-refractivity contribution >= 4 is 5.82 Å². The second-order valence-electron chi connectivity index (χ2n) is 6.44. The van der Waals surface area contributed by atoms with Gasteiger partial charge in [-0.15, -0.1) is 0 Å². The minimum atomic E-state index is 0.625. The molecule has 1 saturated heterocycles. The number of rotatable bonds is 6. The van der Waals surface area contributed by atoms with Crippen molar-refractivity contribution in [1.82, 2.24) is 14.8 Å². The normalized spacial score (nSPS) is 17.2. The van der Waals surface area contributed by atoms with Crippen molar-refractivity contribution in [2.24, 2.45) is 0 Å². The predicted octanol–water partition coefficient (Wildman–Crippen LogP) is 2.32. The molecule has 4 heteroatoms. The van der Waals surface area contributed by atoms with Crippen molar-refractivity contribution in [2.75, 3.05) is 44.2 Å². The van der Waals surface area contributed by atoms with E-state index < -0.39 is 0 Å². The van der Waals surface area contributed by atoms with Crippen LogP contribution in [0, 0.1) is 0 Å². The van der Waals surface area contributed by atoms with E-state index >= 15 is 0 Å². The molecule has 0 aliphatic carbocycles. The van der Waals surface area contributed by atoms with Crippen molar-refractivity contribution in [3.05, 3.63) is 24.4 Å². The number of nitrogens with zero attached hydrogens (tertiary/aromatic N) is 4. The Hall–Kier alpha value is -1.13. The minimum absolute atomic E-state index is 0.625. The molecule has 2 rings (SSSR count). The van der Waals surface area contributed by atoms with E-state index in [0.29, 0.717) is 12.1 Å². The zero-order valence-electron chi connectivity index (χ0n) is 14.0. The Kier molecular flexibility index (Phi) is 6.00. The van der Waals surface area contributed by atoms with Gasteiger partial charge in [-0.2, -0.15) is 0 Å². The van der Waals surface area contributed by atoms with Gasteiger partial charge < -0.3 is 4.90 Å². The first-order valence-electron chi connectivity index (χ1n) is 8.22. The van der Waals surface area contributed by atoms with Crippen LogP contribution in [0.3, 0.4) is 0 Å². The van der Waals surface area contributed by atoms with E-state index in [9.17, 15) is 0 Å². The first-order chi connectivity index (χ1) is 10.1. The lowest BCUT2D eigenvalue weighted by atomic mass is 10.2. The van der Waals surface area contributed by atoms with Crippen molar-refractivity contribution in [3.63, 3.8) is 0 Å². The molecule has 0 atom stereocenters. The Morgan fingerprint density at radius 3 is 2.24 bits per heavy atom. The maximum atomic E-state index is 4.45. The van der Waals surface area contributed by atoms with Gasteiger partial charge in [0, 0.05) is 57.5 Å². The highest BCUT2D eigenvalue weighted by atomic mass is 15.3. The molecule has 1 aromatic rings. The first-order valence-corrected chi connectivity index (χ1v) is 8.22. The minimum Gasteiger partial charge on any atom is -0.354 e. The summed E-state index contributed by atoms with van der Waals surface area (Å²) in [6.07, 6.45) is 1.88. The van der Waals surface area contributed by atoms with Gasteiger partial charge in [0.2, 0.25) is 0 Å². The molecular formula is C17H30N4. The molecule has 0 amide bonds. The summed E-state index contributed by atoms with van der Waals surface area (Å²) in [4.78, 5) is 12.0. The van der Waals surface area contributed by atoms with Crippen molar-refractivity contribution in [1.29, 1.82) is 0 Å². The quantitative estimate of drug-likeness (QED) is 0.802. The summed E-state index contributed by atoms with van der Waals surface area (Å²) in [6, 6.07) is 7.40. The second-order valence-corrected chi connectivity index (χ2v) is 6.44. The zero-order valence-corrected chi connectivity index (χ0v) is 14.0. The lowest BCUT2D eigenvalue weighted by Gasteiger charge is -2.38. The van der Waals surface area contributed by atoms with E-state index in [-0.39, 0.29) is 0 Å². The van der Waals surface area contributed by atoms with Gasteiger partial charge in [0.1, 0.15) is 5.82 Å². The molecular weight excluding hydrogens is 260 g/mol. The number of piperazine rings is 1. The molecule has 1 aliphatic rings. The molecule has 0 spiro atoms. The van der Waals surface area contributed by atoms with Crippen LogP contribution in [0.4, 0.5) is 5.82 Å². The Morgan fingerprint density at radius 2 is 1.71 bits per heavy atom. The Labute approximate surface area is 129 Å². The van der Waals surface area contributed by atoms with Gasteiger partial charge in [0.15, 0.2) is 0 Å². The van der Waals surface area contributed by atoms with E-state index in [1.54, 1.807) is 0 Å². The van der Waals surface area contributed by atoms with Crippen molar-refractivity contribution < 1.29 is 0 Å². The number of aromatic nitrogens is 1. The lowest BCUT2D eigenvalue weighted by molar-refractivity contribution is 0.140. The molecule has 0 unspecified atom stereocenters. The average molecular weight is 290 g/mol. The summed E-state index contributed by atoms with van der Waals surface area (Å²) in [7, 11) is 0. The van der Waals surface area contributed by atoms with Gasteiger partial charge in [0.05, 0.1) is 0 Å². The Morgan fingerprint density at radius 1 is 1.05 bits per heavy atom. The summed E-state index contributed by atoms with van der Waals surface area (Å²) >= 11 is 0. The topological polar surface area (TPSA) is 22.6 Å². The summed E-state index contributed by atoms with van der Waals surface area (Å²) in [5.74, 6) is 1.11. The molecule has 0 radical (unpaired) electrons. The third-order valence-corrected chi connectivity index (χ3v) is 4.35. The SMILES string of the molecule is CC(C)N(CCN1CCN(c2ccccn2)CC1)C(C)C. The van der Waals surface area contributed by atoms with Gasteiger partial charge in [-0.1, -0.05) is 6.07 Å². The standard InChI is InChI=1S/C17H30N4/c1-15(2)21(16(3)4)14-11-19-9-12-20(13-10-19)17-7-5-6-8-18-17/h5-8,15-16H,9-14H2,1-4H3. The number of hydrogen-bond donors (Lipinski definition) is 0. The molecule has 4 nitrogen and oxygen atoms in total. The molecule has 118 valence electrons. The van der Waals surface area contributed by atoms with Gasteiger partial charge in [-0.25, -0.2) is 4.98 Å². The highest BCUT2D eigenvalue weighted by molar-refractivity contribution is 5.38. The van der Waals surface area contributed by atoms with E-state index in [4.69, 9.17) is 0 Å². The molecule has 2 heterocycles. The summed E-state index contributed by atoms with van der Waals surface area (Å²) in [5, 5.41) is 0. The van der Waals surface area contributed by atoms with Crippen LogP contribution in [0.2, 0.25) is 0 Å². The van der Waals surface area contributed by atoms with Crippen LogP contribution in [0.5, 0.6) is 0 Å². The predicted molar refractivity (Wildman–Crippen MR) is 89.9 cm³/mol. The van der Waals surface area contributed by atoms with Crippen LogP contribution < -0.4 is 4.90 Å². The zero-order chi connectivity index (χ0) is 15.2. The van der Waals surface area contributed by atoms with Crippen LogP contribution in [-0.2, 0) is 0 Å². The molecule has 1 aliphatic heterocycles. The smallest absolute Gasteiger partial charge is 0.128 e. The highest BCUT2D eigenvalue weighted by Crippen LogP contribution is 2.13. The molecule has 0 saturated carbocycles. The monoisotopic (exact) mass is 290 g/mol. The van der Waals surface area contributed by atoms with Gasteiger partial charge in [-0.3, -0.25) is 9.80 Å². The summed E-state index contributed by atoms with van der Waals surface area (Å²) in [6.45, 7) is 15.9. The van der Waals surface area contributed by atoms with E-state index in [0.717, 1.165) is 32.0 Å². The molecule has 21 heavy (non-hydrogen) atoms. The van der Waals surface area contributed by atoms with Crippen molar-refractivity contribution in [2.45, 2.75) is 39.8 Å². The van der Waals surface area contributed by atoms with E-state index in [2.05, 4.69) is 59.5 Å². The third-order valence-electron chi connectivity index (χ3n) is 4.35. The largest absolute Gasteiger partial charge is 0.354 e. The van der Waals surface area contributed by atoms with Crippen LogP contribution in [0.25, 0.3) is 0 Å². The fourth-order valence-electron chi connectivity index (χ4n) is 3.11. The van der Waals surface area contributed by atoms with Gasteiger partial charge in [0.25, 0.3) is 0 Å². The fraction of sp³-hybridized carbons (Fsp3) is 0.706. The number of anilines is 1. The highest BCUT2D eigenvalue weighted by Gasteiger charge is 2.19. The molecule has 1 aromatic heterocycles. The third kappa shape index (κ3) is 4.68. The van der Waals surface area contributed by atoms with Gasteiger partial charge >= 0.3 is 0 Å². The second kappa shape index (κ2) is 7.76. The van der Waals surface area contributed by atoms with Crippen LogP contribution in [0.15, 0.2) is 24.4 Å². The van der Waals surface area contributed by atoms with Gasteiger partial charge in [-0.05, 0) is 39.8 Å². The Bertz CT molecular complexity index is 389. The number of pyridine rings is 1. The summed E-state index contributed by atoms with van der Waals surface area (Å²) < 4.78 is 0.